The molecule has 1 N–H and O–H groups in total. The first-order valence-electron chi connectivity index (χ1n) is 7.05. The maximum Gasteiger partial charge on any atom is 0.154 e. The minimum Gasteiger partial charge on any atom is -0.385 e. The Hall–Kier alpha value is -0.130. The van der Waals surface area contributed by atoms with Crippen molar-refractivity contribution in [1.82, 2.24) is 5.32 Å². The highest BCUT2D eigenvalue weighted by atomic mass is 32.2. The second kappa shape index (κ2) is 8.12. The average molecular weight is 277 g/mol. The Morgan fingerprint density at radius 2 is 1.94 bits per heavy atom. The highest BCUT2D eigenvalue weighted by molar-refractivity contribution is 7.92. The molecule has 5 heteroatoms. The molecule has 108 valence electrons. The van der Waals surface area contributed by atoms with Crippen LogP contribution in [0.3, 0.4) is 0 Å². The maximum absolute atomic E-state index is 12.4. The molecule has 1 aliphatic carbocycles. The van der Waals surface area contributed by atoms with Gasteiger partial charge in [0, 0.05) is 19.8 Å². The van der Waals surface area contributed by atoms with Crippen LogP contribution in [-0.2, 0) is 14.6 Å². The molecule has 0 saturated heterocycles. The van der Waals surface area contributed by atoms with Crippen molar-refractivity contribution in [2.75, 3.05) is 26.0 Å². The van der Waals surface area contributed by atoms with E-state index in [0.717, 1.165) is 38.6 Å². The van der Waals surface area contributed by atoms with Crippen molar-refractivity contribution in [3.8, 4) is 0 Å². The Bertz CT molecular complexity index is 316. The van der Waals surface area contributed by atoms with Crippen molar-refractivity contribution in [3.05, 3.63) is 0 Å². The SMILES string of the molecule is CCNC1CCCCCC1S(=O)(=O)CCCOC. The Balaban J connectivity index is 2.67. The van der Waals surface area contributed by atoms with Gasteiger partial charge in [0.1, 0.15) is 0 Å². The Morgan fingerprint density at radius 1 is 1.22 bits per heavy atom. The standard InChI is InChI=1S/C13H27NO3S/c1-3-14-12-8-5-4-6-9-13(12)18(15,16)11-7-10-17-2/h12-14H,3-11H2,1-2H3. The maximum atomic E-state index is 12.4. The third-order valence-electron chi connectivity index (χ3n) is 3.66. The topological polar surface area (TPSA) is 55.4 Å². The van der Waals surface area contributed by atoms with Crippen molar-refractivity contribution in [1.29, 1.82) is 0 Å². The second-order valence-electron chi connectivity index (χ2n) is 5.05. The summed E-state index contributed by atoms with van der Waals surface area (Å²) in [4.78, 5) is 0. The summed E-state index contributed by atoms with van der Waals surface area (Å²) in [6, 6.07) is 0.144. The molecule has 4 nitrogen and oxygen atoms in total. The number of nitrogens with one attached hydrogen (secondary N) is 1. The summed E-state index contributed by atoms with van der Waals surface area (Å²) < 4.78 is 29.7. The Kier molecular flexibility index (Phi) is 7.19. The molecule has 0 amide bonds. The van der Waals surface area contributed by atoms with Crippen LogP contribution in [0.4, 0.5) is 0 Å². The molecule has 18 heavy (non-hydrogen) atoms. The fourth-order valence-electron chi connectivity index (χ4n) is 2.75. The molecule has 1 fully saturated rings. The summed E-state index contributed by atoms with van der Waals surface area (Å²) in [5, 5.41) is 3.16. The second-order valence-corrected chi connectivity index (χ2v) is 7.39. The smallest absolute Gasteiger partial charge is 0.154 e. The molecule has 0 spiro atoms. The molecule has 2 atom stereocenters. The molecule has 0 radical (unpaired) electrons. The molecular formula is C13H27NO3S. The van der Waals surface area contributed by atoms with Crippen molar-refractivity contribution >= 4 is 9.84 Å². The van der Waals surface area contributed by atoms with E-state index in [9.17, 15) is 8.42 Å². The summed E-state index contributed by atoms with van der Waals surface area (Å²) in [7, 11) is -1.38. The van der Waals surface area contributed by atoms with E-state index in [1.165, 1.54) is 0 Å². The summed E-state index contributed by atoms with van der Waals surface area (Å²) in [6.07, 6.45) is 5.74. The third-order valence-corrected chi connectivity index (χ3v) is 6.00. The number of hydrogen-bond acceptors (Lipinski definition) is 4. The monoisotopic (exact) mass is 277 g/mol. The van der Waals surface area contributed by atoms with Crippen molar-refractivity contribution in [2.45, 2.75) is 56.7 Å². The van der Waals surface area contributed by atoms with Gasteiger partial charge in [0.2, 0.25) is 0 Å². The van der Waals surface area contributed by atoms with E-state index in [-0.39, 0.29) is 17.0 Å². The van der Waals surface area contributed by atoms with Gasteiger partial charge < -0.3 is 10.1 Å². The van der Waals surface area contributed by atoms with E-state index >= 15 is 0 Å². The van der Waals surface area contributed by atoms with Crippen LogP contribution < -0.4 is 5.32 Å². The van der Waals surface area contributed by atoms with Crippen LogP contribution in [0.25, 0.3) is 0 Å². The zero-order chi connectivity index (χ0) is 13.4. The van der Waals surface area contributed by atoms with Gasteiger partial charge in [-0.05, 0) is 25.8 Å². The van der Waals surface area contributed by atoms with Crippen LogP contribution in [0.5, 0.6) is 0 Å². The van der Waals surface area contributed by atoms with Crippen molar-refractivity contribution < 1.29 is 13.2 Å². The van der Waals surface area contributed by atoms with E-state index < -0.39 is 9.84 Å². The van der Waals surface area contributed by atoms with Crippen LogP contribution in [0.1, 0.15) is 45.4 Å². The van der Waals surface area contributed by atoms with Gasteiger partial charge in [0.15, 0.2) is 9.84 Å². The molecule has 0 bridgehead atoms. The molecule has 2 unspecified atom stereocenters. The van der Waals surface area contributed by atoms with Gasteiger partial charge in [-0.3, -0.25) is 0 Å². The van der Waals surface area contributed by atoms with Crippen molar-refractivity contribution in [2.24, 2.45) is 0 Å². The molecule has 0 aromatic rings. The lowest BCUT2D eigenvalue weighted by Gasteiger charge is -2.25. The first-order valence-corrected chi connectivity index (χ1v) is 8.77. The van der Waals surface area contributed by atoms with Gasteiger partial charge in [0.25, 0.3) is 0 Å². The van der Waals surface area contributed by atoms with Crippen LogP contribution in [-0.4, -0.2) is 45.7 Å². The minimum absolute atomic E-state index is 0.144. The number of methoxy groups -OCH3 is 1. The van der Waals surface area contributed by atoms with Gasteiger partial charge >= 0.3 is 0 Å². The fourth-order valence-corrected chi connectivity index (χ4v) is 4.84. The predicted molar refractivity (Wildman–Crippen MR) is 74.6 cm³/mol. The summed E-state index contributed by atoms with van der Waals surface area (Å²) >= 11 is 0. The van der Waals surface area contributed by atoms with Gasteiger partial charge in [-0.25, -0.2) is 8.42 Å². The van der Waals surface area contributed by atoms with Crippen LogP contribution in [0, 0.1) is 0 Å². The zero-order valence-electron chi connectivity index (χ0n) is 11.7. The normalized spacial score (nSPS) is 25.9. The largest absolute Gasteiger partial charge is 0.385 e. The molecule has 0 aliphatic heterocycles. The lowest BCUT2D eigenvalue weighted by Crippen LogP contribution is -2.44. The summed E-state index contributed by atoms with van der Waals surface area (Å²) in [5.41, 5.74) is 0. The Morgan fingerprint density at radius 3 is 2.61 bits per heavy atom. The highest BCUT2D eigenvalue weighted by Crippen LogP contribution is 2.24. The predicted octanol–water partition coefficient (Wildman–Crippen LogP) is 1.75. The van der Waals surface area contributed by atoms with Crippen molar-refractivity contribution in [3.63, 3.8) is 0 Å². The average Bonchev–Trinajstić information content (AvgIpc) is 2.56. The minimum atomic E-state index is -2.99. The molecule has 1 aliphatic rings. The van der Waals surface area contributed by atoms with Gasteiger partial charge in [-0.2, -0.15) is 0 Å². The number of sulfone groups is 1. The van der Waals surface area contributed by atoms with E-state index in [2.05, 4.69) is 5.32 Å². The third kappa shape index (κ3) is 4.86. The number of rotatable bonds is 7. The first kappa shape index (κ1) is 15.9. The van der Waals surface area contributed by atoms with E-state index in [0.29, 0.717) is 13.0 Å². The summed E-state index contributed by atoms with van der Waals surface area (Å²) in [5.74, 6) is 0.257. The van der Waals surface area contributed by atoms with Gasteiger partial charge in [-0.15, -0.1) is 0 Å². The quantitative estimate of drug-likeness (QED) is 0.569. The number of hydrogen-bond donors (Lipinski definition) is 1. The lowest BCUT2D eigenvalue weighted by molar-refractivity contribution is 0.199. The van der Waals surface area contributed by atoms with Crippen LogP contribution in [0.15, 0.2) is 0 Å². The molecule has 0 aromatic heterocycles. The zero-order valence-corrected chi connectivity index (χ0v) is 12.5. The summed E-state index contributed by atoms with van der Waals surface area (Å²) in [6.45, 7) is 3.41. The molecule has 1 saturated carbocycles. The van der Waals surface area contributed by atoms with Crippen LogP contribution in [0.2, 0.25) is 0 Å². The molecule has 1 rings (SSSR count). The molecular weight excluding hydrogens is 250 g/mol. The van der Waals surface area contributed by atoms with E-state index in [4.69, 9.17) is 4.74 Å². The number of ether oxygens (including phenoxy) is 1. The van der Waals surface area contributed by atoms with E-state index in [1.54, 1.807) is 7.11 Å². The first-order chi connectivity index (χ1) is 8.61. The van der Waals surface area contributed by atoms with Gasteiger partial charge in [-0.1, -0.05) is 26.2 Å². The fraction of sp³-hybridized carbons (Fsp3) is 1.00. The molecule has 0 aromatic carbocycles. The molecule has 0 heterocycles. The van der Waals surface area contributed by atoms with Crippen LogP contribution >= 0.6 is 0 Å². The van der Waals surface area contributed by atoms with E-state index in [1.807, 2.05) is 6.92 Å². The lowest BCUT2D eigenvalue weighted by atomic mass is 10.1. The Labute approximate surface area is 111 Å². The van der Waals surface area contributed by atoms with Gasteiger partial charge in [0.05, 0.1) is 11.0 Å². The highest BCUT2D eigenvalue weighted by Gasteiger charge is 2.33.